The van der Waals surface area contributed by atoms with Crippen LogP contribution in [0, 0.1) is 0 Å². The Hall–Kier alpha value is -2.34. The van der Waals surface area contributed by atoms with Gasteiger partial charge in [-0.15, -0.1) is 0 Å². The van der Waals surface area contributed by atoms with Crippen LogP contribution in [0.1, 0.15) is 15.9 Å². The minimum absolute atomic E-state index is 0.102. The number of hydrogen-bond donors (Lipinski definition) is 2. The number of halogens is 1. The van der Waals surface area contributed by atoms with Crippen molar-refractivity contribution >= 4 is 28.1 Å². The molecule has 0 unspecified atom stereocenters. The highest BCUT2D eigenvalue weighted by atomic mass is 79.9. The Labute approximate surface area is 130 Å². The molecule has 2 aromatic carbocycles. The molecular formula is C15H13BrN2O3. The van der Waals surface area contributed by atoms with Crippen molar-refractivity contribution in [1.82, 2.24) is 5.43 Å². The maximum Gasteiger partial charge on any atom is 0.275 e. The van der Waals surface area contributed by atoms with Crippen molar-refractivity contribution in [2.24, 2.45) is 5.10 Å². The number of nitrogens with zero attached hydrogens (tertiary/aromatic N) is 1. The molecule has 0 radical (unpaired) electrons. The Balaban J connectivity index is 2.02. The molecule has 1 amide bonds. The van der Waals surface area contributed by atoms with Crippen molar-refractivity contribution in [3.8, 4) is 11.5 Å². The van der Waals surface area contributed by atoms with E-state index in [2.05, 4.69) is 26.5 Å². The molecule has 0 heterocycles. The van der Waals surface area contributed by atoms with E-state index >= 15 is 0 Å². The molecule has 0 aliphatic heterocycles. The number of phenolic OH excluding ortho intramolecular Hbond substituents is 1. The van der Waals surface area contributed by atoms with Crippen LogP contribution in [0.3, 0.4) is 0 Å². The van der Waals surface area contributed by atoms with Gasteiger partial charge in [-0.05, 0) is 48.0 Å². The van der Waals surface area contributed by atoms with Gasteiger partial charge in [0.05, 0.1) is 18.9 Å². The van der Waals surface area contributed by atoms with E-state index in [1.807, 2.05) is 12.1 Å². The number of benzene rings is 2. The molecule has 6 heteroatoms. The summed E-state index contributed by atoms with van der Waals surface area (Å²) >= 11 is 3.24. The van der Waals surface area contributed by atoms with E-state index in [-0.39, 0.29) is 11.3 Å². The second-order valence-corrected chi connectivity index (χ2v) is 5.05. The number of carbonyl (C=O) groups excluding carboxylic acids is 1. The monoisotopic (exact) mass is 348 g/mol. The van der Waals surface area contributed by atoms with Crippen LogP contribution in [0.5, 0.6) is 11.5 Å². The smallest absolute Gasteiger partial charge is 0.275 e. The molecule has 2 N–H and O–H groups in total. The highest BCUT2D eigenvalue weighted by molar-refractivity contribution is 9.10. The lowest BCUT2D eigenvalue weighted by molar-refractivity contribution is 0.0952. The third-order valence-electron chi connectivity index (χ3n) is 2.70. The topological polar surface area (TPSA) is 70.9 Å². The predicted molar refractivity (Wildman–Crippen MR) is 83.9 cm³/mol. The summed E-state index contributed by atoms with van der Waals surface area (Å²) in [6.07, 6.45) is 1.51. The molecule has 21 heavy (non-hydrogen) atoms. The van der Waals surface area contributed by atoms with Crippen molar-refractivity contribution in [3.05, 3.63) is 58.1 Å². The van der Waals surface area contributed by atoms with Crippen LogP contribution >= 0.6 is 15.9 Å². The van der Waals surface area contributed by atoms with Crippen LogP contribution in [-0.4, -0.2) is 24.3 Å². The quantitative estimate of drug-likeness (QED) is 0.659. The average Bonchev–Trinajstić information content (AvgIpc) is 2.50. The lowest BCUT2D eigenvalue weighted by Crippen LogP contribution is -2.17. The SMILES string of the molecule is COc1ccc(C=NNC(=O)c2cc(Br)ccc2O)cc1. The zero-order valence-corrected chi connectivity index (χ0v) is 12.8. The molecule has 5 nitrogen and oxygen atoms in total. The molecule has 0 saturated carbocycles. The van der Waals surface area contributed by atoms with Crippen molar-refractivity contribution < 1.29 is 14.6 Å². The Morgan fingerprint density at radius 3 is 2.67 bits per heavy atom. The molecule has 0 bridgehead atoms. The van der Waals surface area contributed by atoms with E-state index in [4.69, 9.17) is 4.74 Å². The van der Waals surface area contributed by atoms with Gasteiger partial charge in [0.25, 0.3) is 5.91 Å². The van der Waals surface area contributed by atoms with Gasteiger partial charge in [0.1, 0.15) is 11.5 Å². The molecule has 0 aromatic heterocycles. The first-order valence-electron chi connectivity index (χ1n) is 6.06. The van der Waals surface area contributed by atoms with Crippen molar-refractivity contribution in [1.29, 1.82) is 0 Å². The third-order valence-corrected chi connectivity index (χ3v) is 3.19. The lowest BCUT2D eigenvalue weighted by Gasteiger charge is -2.03. The lowest BCUT2D eigenvalue weighted by atomic mass is 10.2. The molecule has 2 rings (SSSR count). The number of aromatic hydroxyl groups is 1. The highest BCUT2D eigenvalue weighted by Crippen LogP contribution is 2.21. The summed E-state index contributed by atoms with van der Waals surface area (Å²) in [5.41, 5.74) is 3.33. The van der Waals surface area contributed by atoms with Crippen LogP contribution in [-0.2, 0) is 0 Å². The summed E-state index contributed by atoms with van der Waals surface area (Å²) in [7, 11) is 1.59. The number of hydrazone groups is 1. The van der Waals surface area contributed by atoms with Crippen LogP contribution in [0.15, 0.2) is 52.0 Å². The van der Waals surface area contributed by atoms with Crippen LogP contribution < -0.4 is 10.2 Å². The van der Waals surface area contributed by atoms with Gasteiger partial charge in [0.15, 0.2) is 0 Å². The number of nitrogens with one attached hydrogen (secondary N) is 1. The van der Waals surface area contributed by atoms with Crippen molar-refractivity contribution in [2.75, 3.05) is 7.11 Å². The van der Waals surface area contributed by atoms with E-state index in [0.29, 0.717) is 4.47 Å². The standard InChI is InChI=1S/C15H13BrN2O3/c1-21-12-5-2-10(3-6-12)9-17-18-15(20)13-8-11(16)4-7-14(13)19/h2-9,19H,1H3,(H,18,20). The summed E-state index contributed by atoms with van der Waals surface area (Å²) in [6, 6.07) is 11.8. The van der Waals surface area contributed by atoms with Gasteiger partial charge in [0.2, 0.25) is 0 Å². The third kappa shape index (κ3) is 4.06. The fourth-order valence-corrected chi connectivity index (χ4v) is 1.97. The summed E-state index contributed by atoms with van der Waals surface area (Å²) in [6.45, 7) is 0. The minimum Gasteiger partial charge on any atom is -0.507 e. The number of amides is 1. The summed E-state index contributed by atoms with van der Waals surface area (Å²) in [4.78, 5) is 11.9. The summed E-state index contributed by atoms with van der Waals surface area (Å²) in [5.74, 6) is 0.157. The summed E-state index contributed by atoms with van der Waals surface area (Å²) in [5, 5.41) is 13.5. The number of phenols is 1. The zero-order chi connectivity index (χ0) is 15.2. The molecule has 0 fully saturated rings. The zero-order valence-electron chi connectivity index (χ0n) is 11.2. The highest BCUT2D eigenvalue weighted by Gasteiger charge is 2.10. The van der Waals surface area contributed by atoms with E-state index in [9.17, 15) is 9.90 Å². The molecule has 108 valence electrons. The van der Waals surface area contributed by atoms with Crippen molar-refractivity contribution in [2.45, 2.75) is 0 Å². The fraction of sp³-hybridized carbons (Fsp3) is 0.0667. The van der Waals surface area contributed by atoms with Crippen LogP contribution in [0.2, 0.25) is 0 Å². The normalized spacial score (nSPS) is 10.6. The van der Waals surface area contributed by atoms with E-state index < -0.39 is 5.91 Å². The number of carbonyl (C=O) groups is 1. The molecule has 2 aromatic rings. The van der Waals surface area contributed by atoms with Crippen molar-refractivity contribution in [3.63, 3.8) is 0 Å². The first kappa shape index (κ1) is 15.1. The van der Waals surface area contributed by atoms with E-state index in [1.165, 1.54) is 18.3 Å². The maximum absolute atomic E-state index is 11.9. The first-order valence-corrected chi connectivity index (χ1v) is 6.85. The Morgan fingerprint density at radius 1 is 1.29 bits per heavy atom. The molecular weight excluding hydrogens is 336 g/mol. The van der Waals surface area contributed by atoms with Gasteiger partial charge in [0, 0.05) is 4.47 Å². The Bertz CT molecular complexity index is 669. The number of ether oxygens (including phenoxy) is 1. The number of methoxy groups -OCH3 is 1. The van der Waals surface area contributed by atoms with Gasteiger partial charge in [-0.25, -0.2) is 5.43 Å². The molecule has 0 atom stereocenters. The maximum atomic E-state index is 11.9. The molecule has 0 aliphatic rings. The summed E-state index contributed by atoms with van der Waals surface area (Å²) < 4.78 is 5.75. The first-order chi connectivity index (χ1) is 10.1. The number of rotatable bonds is 4. The largest absolute Gasteiger partial charge is 0.507 e. The molecule has 0 spiro atoms. The number of hydrogen-bond acceptors (Lipinski definition) is 4. The average molecular weight is 349 g/mol. The second-order valence-electron chi connectivity index (χ2n) is 4.13. The second kappa shape index (κ2) is 6.90. The molecule has 0 aliphatic carbocycles. The minimum atomic E-state index is -0.487. The van der Waals surface area contributed by atoms with Gasteiger partial charge in [-0.2, -0.15) is 5.10 Å². The predicted octanol–water partition coefficient (Wildman–Crippen LogP) is 2.93. The Kier molecular flexibility index (Phi) is 4.94. The van der Waals surface area contributed by atoms with Crippen LogP contribution in [0.25, 0.3) is 0 Å². The van der Waals surface area contributed by atoms with Gasteiger partial charge >= 0.3 is 0 Å². The Morgan fingerprint density at radius 2 is 2.00 bits per heavy atom. The van der Waals surface area contributed by atoms with E-state index in [0.717, 1.165) is 11.3 Å². The van der Waals surface area contributed by atoms with Gasteiger partial charge in [-0.3, -0.25) is 4.79 Å². The fourth-order valence-electron chi connectivity index (χ4n) is 1.61. The molecule has 0 saturated heterocycles. The van der Waals surface area contributed by atoms with E-state index in [1.54, 1.807) is 25.3 Å². The van der Waals surface area contributed by atoms with Gasteiger partial charge < -0.3 is 9.84 Å². The van der Waals surface area contributed by atoms with Gasteiger partial charge in [-0.1, -0.05) is 15.9 Å². The van der Waals surface area contributed by atoms with Crippen LogP contribution in [0.4, 0.5) is 0 Å².